The molecule has 0 radical (unpaired) electrons. The molecule has 0 unspecified atom stereocenters. The summed E-state index contributed by atoms with van der Waals surface area (Å²) in [5.41, 5.74) is 2.35. The fourth-order valence-corrected chi connectivity index (χ4v) is 9.37. The first-order chi connectivity index (χ1) is 16.6. The van der Waals surface area contributed by atoms with Gasteiger partial charge in [0.2, 0.25) is 9.84 Å². The van der Waals surface area contributed by atoms with E-state index < -0.39 is 21.4 Å². The number of rotatable bonds is 3. The van der Waals surface area contributed by atoms with Crippen molar-refractivity contribution in [3.8, 4) is 0 Å². The Labute approximate surface area is 209 Å². The van der Waals surface area contributed by atoms with E-state index in [4.69, 9.17) is 11.3 Å². The van der Waals surface area contributed by atoms with E-state index >= 15 is 0 Å². The Morgan fingerprint density at radius 2 is 1.89 bits per heavy atom. The largest absolute Gasteiger partial charge is 0.501 e. The van der Waals surface area contributed by atoms with Crippen molar-refractivity contribution in [2.45, 2.75) is 70.3 Å². The van der Waals surface area contributed by atoms with Crippen LogP contribution < -0.4 is 0 Å². The van der Waals surface area contributed by atoms with Crippen LogP contribution in [0.4, 0.5) is 0 Å². The number of aliphatic hydroxyl groups excluding tert-OH is 1. The topological polar surface area (TPSA) is 68.0 Å². The molecule has 0 saturated heterocycles. The Hall–Kier alpha value is -2.36. The normalized spacial score (nSPS) is 37.7. The number of aliphatic hydroxyl groups is 1. The van der Waals surface area contributed by atoms with Crippen LogP contribution in [0, 0.1) is 42.1 Å². The molecule has 0 bridgehead atoms. The summed E-state index contributed by atoms with van der Waals surface area (Å²) in [6.07, 6.45) is 8.56. The monoisotopic (exact) mass is 493 g/mol. The maximum Gasteiger partial charge on any atom is 0.282 e. The minimum Gasteiger partial charge on any atom is -0.501 e. The van der Waals surface area contributed by atoms with Crippen LogP contribution in [-0.2, 0) is 14.6 Å². The SMILES string of the molecule is [C-]#[N+]C(=C1CC[C@H]2[C@@H]3CC=C4C=C(OC)CC[C@]4(C)[C@H]3[C@H](O)C[C@]12C)S(=O)(=O)c1ccc(C)cc1. The van der Waals surface area contributed by atoms with E-state index in [1.165, 1.54) is 5.57 Å². The van der Waals surface area contributed by atoms with Crippen LogP contribution in [0.25, 0.3) is 4.85 Å². The quantitative estimate of drug-likeness (QED) is 0.527. The fraction of sp³-hybridized carbons (Fsp3) is 0.552. The van der Waals surface area contributed by atoms with Gasteiger partial charge in [0, 0.05) is 6.42 Å². The first-order valence-electron chi connectivity index (χ1n) is 12.6. The van der Waals surface area contributed by atoms with E-state index in [1.54, 1.807) is 31.4 Å². The van der Waals surface area contributed by atoms with Crippen LogP contribution in [0.2, 0.25) is 0 Å². The molecular formula is C29H35NO4S. The van der Waals surface area contributed by atoms with Gasteiger partial charge in [0.25, 0.3) is 5.03 Å². The number of nitrogens with zero attached hydrogens (tertiary/aromatic N) is 1. The Kier molecular flexibility index (Phi) is 5.81. The molecule has 35 heavy (non-hydrogen) atoms. The second kappa shape index (κ2) is 8.35. The Morgan fingerprint density at radius 1 is 1.17 bits per heavy atom. The van der Waals surface area contributed by atoms with Crippen molar-refractivity contribution in [2.24, 2.45) is 28.6 Å². The molecule has 0 aromatic heterocycles. The highest BCUT2D eigenvalue weighted by Gasteiger charge is 2.60. The van der Waals surface area contributed by atoms with Crippen LogP contribution >= 0.6 is 0 Å². The van der Waals surface area contributed by atoms with Crippen molar-refractivity contribution in [3.63, 3.8) is 0 Å². The minimum atomic E-state index is -3.92. The van der Waals surface area contributed by atoms with Crippen LogP contribution in [0.5, 0.6) is 0 Å². The number of hydrogen-bond acceptors (Lipinski definition) is 4. The zero-order chi connectivity index (χ0) is 25.2. The van der Waals surface area contributed by atoms with E-state index in [1.807, 2.05) is 6.92 Å². The lowest BCUT2D eigenvalue weighted by molar-refractivity contribution is -0.0989. The number of benzene rings is 1. The fourth-order valence-electron chi connectivity index (χ4n) is 7.88. The molecule has 4 aliphatic rings. The van der Waals surface area contributed by atoms with E-state index in [0.29, 0.717) is 12.8 Å². The highest BCUT2D eigenvalue weighted by atomic mass is 32.2. The average molecular weight is 494 g/mol. The smallest absolute Gasteiger partial charge is 0.282 e. The molecule has 0 amide bonds. The van der Waals surface area contributed by atoms with Crippen molar-refractivity contribution < 1.29 is 18.3 Å². The van der Waals surface area contributed by atoms with E-state index in [-0.39, 0.29) is 33.1 Å². The predicted octanol–water partition coefficient (Wildman–Crippen LogP) is 5.97. The summed E-state index contributed by atoms with van der Waals surface area (Å²) in [5, 5.41) is 11.5. The molecule has 4 aliphatic carbocycles. The number of methoxy groups -OCH3 is 1. The maximum absolute atomic E-state index is 13.6. The number of sulfone groups is 1. The summed E-state index contributed by atoms with van der Waals surface area (Å²) < 4.78 is 32.7. The van der Waals surface area contributed by atoms with Crippen LogP contribution in [0.3, 0.4) is 0 Å². The summed E-state index contributed by atoms with van der Waals surface area (Å²) in [7, 11) is -2.20. The third-order valence-electron chi connectivity index (χ3n) is 9.66. The molecule has 2 saturated carbocycles. The number of ether oxygens (including phenoxy) is 1. The van der Waals surface area contributed by atoms with Crippen molar-refractivity contribution in [1.82, 2.24) is 0 Å². The lowest BCUT2D eigenvalue weighted by Gasteiger charge is -2.58. The molecule has 0 spiro atoms. The van der Waals surface area contributed by atoms with Crippen LogP contribution in [0.15, 0.2) is 63.2 Å². The number of aryl methyl sites for hydroxylation is 1. The molecule has 1 N–H and O–H groups in total. The molecule has 0 heterocycles. The lowest BCUT2D eigenvalue weighted by Crippen LogP contribution is -2.54. The number of fused-ring (bicyclic) bond motifs is 5. The lowest BCUT2D eigenvalue weighted by atomic mass is 9.47. The van der Waals surface area contributed by atoms with Gasteiger partial charge in [0.15, 0.2) is 0 Å². The van der Waals surface area contributed by atoms with E-state index in [0.717, 1.165) is 42.6 Å². The summed E-state index contributed by atoms with van der Waals surface area (Å²) in [5.74, 6) is 1.64. The number of allylic oxidation sites excluding steroid dienone is 5. The highest BCUT2D eigenvalue weighted by Crippen LogP contribution is 2.66. The van der Waals surface area contributed by atoms with Gasteiger partial charge in [-0.15, -0.1) is 0 Å². The number of hydrogen-bond donors (Lipinski definition) is 1. The summed E-state index contributed by atoms with van der Waals surface area (Å²) in [6, 6.07) is 6.73. The van der Waals surface area contributed by atoms with Gasteiger partial charge in [0.05, 0.1) is 30.4 Å². The molecule has 186 valence electrons. The summed E-state index contributed by atoms with van der Waals surface area (Å²) in [6.45, 7) is 14.2. The molecule has 5 nitrogen and oxygen atoms in total. The first kappa shape index (κ1) is 24.3. The van der Waals surface area contributed by atoms with Gasteiger partial charge in [-0.05, 0) is 97.0 Å². The molecule has 2 fully saturated rings. The van der Waals surface area contributed by atoms with Gasteiger partial charge in [0.1, 0.15) is 0 Å². The van der Waals surface area contributed by atoms with Crippen molar-refractivity contribution in [2.75, 3.05) is 7.11 Å². The van der Waals surface area contributed by atoms with Crippen molar-refractivity contribution in [1.29, 1.82) is 0 Å². The Balaban J connectivity index is 1.57. The van der Waals surface area contributed by atoms with Crippen molar-refractivity contribution in [3.05, 3.63) is 75.3 Å². The van der Waals surface area contributed by atoms with Gasteiger partial charge < -0.3 is 9.84 Å². The second-order valence-corrected chi connectivity index (χ2v) is 13.2. The molecule has 1 aromatic rings. The van der Waals surface area contributed by atoms with Crippen LogP contribution in [-0.4, -0.2) is 26.7 Å². The van der Waals surface area contributed by atoms with Gasteiger partial charge in [-0.2, -0.15) is 0 Å². The Bertz CT molecular complexity index is 1280. The third-order valence-corrected chi connectivity index (χ3v) is 11.4. The zero-order valence-corrected chi connectivity index (χ0v) is 21.9. The molecule has 5 rings (SSSR count). The minimum absolute atomic E-state index is 0.116. The van der Waals surface area contributed by atoms with Crippen LogP contribution in [0.1, 0.15) is 57.9 Å². The maximum atomic E-state index is 13.6. The standard InChI is InChI=1S/C29H35NO4S/c1-18-6-9-21(10-7-18)35(32,33)27(30-4)24-13-12-23-22-11-8-19-16-20(34-5)14-15-28(19,2)26(22)25(31)17-29(23,24)3/h6-10,16,22-23,25-26,31H,11-15,17H2,1-3,5H3/t22-,23-,25+,26+,28-,29-/m0/s1. The molecule has 6 atom stereocenters. The Morgan fingerprint density at radius 3 is 2.54 bits per heavy atom. The predicted molar refractivity (Wildman–Crippen MR) is 136 cm³/mol. The third kappa shape index (κ3) is 3.54. The zero-order valence-electron chi connectivity index (χ0n) is 21.0. The van der Waals surface area contributed by atoms with E-state index in [9.17, 15) is 13.5 Å². The summed E-state index contributed by atoms with van der Waals surface area (Å²) >= 11 is 0. The van der Waals surface area contributed by atoms with Gasteiger partial charge in [-0.1, -0.05) is 37.6 Å². The molecular weight excluding hydrogens is 458 g/mol. The van der Waals surface area contributed by atoms with Gasteiger partial charge in [-0.3, -0.25) is 0 Å². The second-order valence-electron chi connectivity index (χ2n) is 11.4. The van der Waals surface area contributed by atoms with E-state index in [2.05, 4.69) is 30.8 Å². The highest BCUT2D eigenvalue weighted by molar-refractivity contribution is 7.95. The van der Waals surface area contributed by atoms with Crippen molar-refractivity contribution >= 4 is 9.84 Å². The van der Waals surface area contributed by atoms with Gasteiger partial charge >= 0.3 is 0 Å². The molecule has 1 aromatic carbocycles. The molecule has 6 heteroatoms. The van der Waals surface area contributed by atoms with Gasteiger partial charge in [-0.25, -0.2) is 13.3 Å². The average Bonchev–Trinajstić information content (AvgIpc) is 3.15. The summed E-state index contributed by atoms with van der Waals surface area (Å²) in [4.78, 5) is 3.80. The molecule has 0 aliphatic heterocycles. The first-order valence-corrected chi connectivity index (χ1v) is 14.1.